The van der Waals surface area contributed by atoms with Gasteiger partial charge < -0.3 is 21.1 Å². The minimum atomic E-state index is -0.250. The van der Waals surface area contributed by atoms with Crippen molar-refractivity contribution in [1.82, 2.24) is 14.9 Å². The molecule has 1 aromatic rings. The lowest BCUT2D eigenvalue weighted by atomic mass is 10.3. The van der Waals surface area contributed by atoms with Crippen molar-refractivity contribution in [1.29, 1.82) is 5.26 Å². The third-order valence-corrected chi connectivity index (χ3v) is 3.08. The van der Waals surface area contributed by atoms with E-state index >= 15 is 0 Å². The van der Waals surface area contributed by atoms with E-state index in [0.717, 1.165) is 26.1 Å². The maximum Gasteiger partial charge on any atom is 0.290 e. The highest BCUT2D eigenvalue weighted by molar-refractivity contribution is 5.49. The van der Waals surface area contributed by atoms with Gasteiger partial charge in [-0.05, 0) is 19.4 Å². The predicted octanol–water partition coefficient (Wildman–Crippen LogP) is 0.527. The molecular weight excluding hydrogens is 272 g/mol. The Hall–Kier alpha value is -2.40. The molecule has 4 N–H and O–H groups in total. The molecule has 0 amide bonds. The van der Waals surface area contributed by atoms with Gasteiger partial charge >= 0.3 is 0 Å². The average molecular weight is 292 g/mol. The minimum Gasteiger partial charge on any atom is -0.483 e. The third-order valence-electron chi connectivity index (χ3n) is 3.08. The normalized spacial score (nSPS) is 17.4. The highest BCUT2D eigenvalue weighted by Gasteiger charge is 2.22. The van der Waals surface area contributed by atoms with Crippen LogP contribution in [0.5, 0.6) is 0 Å². The van der Waals surface area contributed by atoms with Gasteiger partial charge in [-0.15, -0.1) is 0 Å². The summed E-state index contributed by atoms with van der Waals surface area (Å²) >= 11 is 0. The number of hydrogen-bond acceptors (Lipinski definition) is 7. The van der Waals surface area contributed by atoms with E-state index in [1.54, 1.807) is 0 Å². The minimum absolute atomic E-state index is 0.235. The maximum absolute atomic E-state index is 8.75. The molecule has 21 heavy (non-hydrogen) atoms. The molecule has 1 atom stereocenters. The summed E-state index contributed by atoms with van der Waals surface area (Å²) in [5, 5.41) is 18.9. The predicted molar refractivity (Wildman–Crippen MR) is 78.6 cm³/mol. The van der Waals surface area contributed by atoms with E-state index in [4.69, 9.17) is 20.9 Å². The lowest BCUT2D eigenvalue weighted by Crippen LogP contribution is -2.27. The number of nitrogens with one attached hydrogen (secondary N) is 1. The molecule has 8 nitrogen and oxygen atoms in total. The molecule has 1 aromatic heterocycles. The van der Waals surface area contributed by atoms with E-state index in [-0.39, 0.29) is 12.3 Å². The Kier molecular flexibility index (Phi) is 6.91. The number of hydrogen-bond donors (Lipinski definition) is 3. The molecule has 0 spiro atoms. The first kappa shape index (κ1) is 16.7. The van der Waals surface area contributed by atoms with E-state index < -0.39 is 0 Å². The van der Waals surface area contributed by atoms with E-state index in [0.29, 0.717) is 17.6 Å². The Morgan fingerprint density at radius 2 is 2.43 bits per heavy atom. The number of carboxylic acid groups (broad SMARTS) is 1. The van der Waals surface area contributed by atoms with Crippen LogP contribution in [-0.4, -0.2) is 52.1 Å². The fraction of sp³-hybridized carbons (Fsp3) is 0.538. The van der Waals surface area contributed by atoms with Crippen LogP contribution < -0.4 is 11.1 Å². The van der Waals surface area contributed by atoms with E-state index in [2.05, 4.69) is 27.1 Å². The number of carbonyl (C=O) groups is 1. The Labute approximate surface area is 123 Å². The number of nitrogen functional groups attached to an aromatic ring is 1. The molecule has 0 aliphatic carbocycles. The number of likely N-dealkylation sites (tertiary alicyclic amines) is 1. The van der Waals surface area contributed by atoms with Gasteiger partial charge in [-0.25, -0.2) is 4.98 Å². The molecule has 0 radical (unpaired) electrons. The van der Waals surface area contributed by atoms with Crippen molar-refractivity contribution in [3.05, 3.63) is 11.8 Å². The fourth-order valence-corrected chi connectivity index (χ4v) is 2.20. The topological polar surface area (TPSA) is 128 Å². The van der Waals surface area contributed by atoms with Crippen molar-refractivity contribution in [2.24, 2.45) is 0 Å². The van der Waals surface area contributed by atoms with Crippen LogP contribution in [0.1, 0.15) is 25.3 Å². The Balaban J connectivity index is 0.000000677. The lowest BCUT2D eigenvalue weighted by molar-refractivity contribution is -0.122. The SMILES string of the molecule is CCCN1CCC(Nc2ncc(C#N)c(N)n2)C1.O=CO. The molecule has 1 unspecified atom stereocenters. The Morgan fingerprint density at radius 3 is 3.00 bits per heavy atom. The first-order chi connectivity index (χ1) is 10.1. The molecule has 0 saturated carbocycles. The molecule has 114 valence electrons. The summed E-state index contributed by atoms with van der Waals surface area (Å²) in [6.07, 6.45) is 3.72. The van der Waals surface area contributed by atoms with Crippen molar-refractivity contribution in [3.63, 3.8) is 0 Å². The monoisotopic (exact) mass is 292 g/mol. The molecule has 2 rings (SSSR count). The van der Waals surface area contributed by atoms with Crippen LogP contribution in [-0.2, 0) is 4.79 Å². The largest absolute Gasteiger partial charge is 0.483 e. The zero-order valence-corrected chi connectivity index (χ0v) is 12.0. The van der Waals surface area contributed by atoms with Gasteiger partial charge in [-0.2, -0.15) is 10.2 Å². The molecule has 1 aliphatic heterocycles. The highest BCUT2D eigenvalue weighted by atomic mass is 16.3. The van der Waals surface area contributed by atoms with Crippen LogP contribution in [0.3, 0.4) is 0 Å². The standard InChI is InChI=1S/C12H18N6.CH2O2/c1-2-4-18-5-3-10(8-18)16-12-15-7-9(6-13)11(14)17-12;2-1-3/h7,10H,2-5,8H2,1H3,(H3,14,15,16,17);1H,(H,2,3). The van der Waals surface area contributed by atoms with Crippen molar-refractivity contribution in [2.75, 3.05) is 30.7 Å². The van der Waals surface area contributed by atoms with Crippen LogP contribution in [0.25, 0.3) is 0 Å². The van der Waals surface area contributed by atoms with E-state index in [9.17, 15) is 0 Å². The molecule has 0 bridgehead atoms. The van der Waals surface area contributed by atoms with Crippen molar-refractivity contribution < 1.29 is 9.90 Å². The number of rotatable bonds is 4. The molecule has 1 saturated heterocycles. The molecule has 8 heteroatoms. The summed E-state index contributed by atoms with van der Waals surface area (Å²) in [6, 6.07) is 2.32. The van der Waals surface area contributed by atoms with Gasteiger partial charge in [-0.1, -0.05) is 6.92 Å². The quantitative estimate of drug-likeness (QED) is 0.685. The van der Waals surface area contributed by atoms with Crippen LogP contribution in [0, 0.1) is 11.3 Å². The number of aromatic nitrogens is 2. The summed E-state index contributed by atoms with van der Waals surface area (Å²) in [6.45, 7) is 5.19. The van der Waals surface area contributed by atoms with Gasteiger partial charge in [0, 0.05) is 19.1 Å². The molecule has 1 fully saturated rings. The zero-order valence-electron chi connectivity index (χ0n) is 12.0. The second-order valence-corrected chi connectivity index (χ2v) is 4.64. The third kappa shape index (κ3) is 5.24. The van der Waals surface area contributed by atoms with Crippen molar-refractivity contribution in [3.8, 4) is 6.07 Å². The van der Waals surface area contributed by atoms with Gasteiger partial charge in [0.1, 0.15) is 17.5 Å². The number of anilines is 2. The van der Waals surface area contributed by atoms with Crippen LogP contribution in [0.15, 0.2) is 6.20 Å². The zero-order chi connectivity index (χ0) is 15.7. The molecule has 0 aromatic carbocycles. The smallest absolute Gasteiger partial charge is 0.290 e. The number of nitriles is 1. The van der Waals surface area contributed by atoms with Gasteiger partial charge in [-0.3, -0.25) is 4.79 Å². The molecule has 1 aliphatic rings. The van der Waals surface area contributed by atoms with Crippen LogP contribution in [0.2, 0.25) is 0 Å². The summed E-state index contributed by atoms with van der Waals surface area (Å²) < 4.78 is 0. The Bertz CT molecular complexity index is 502. The first-order valence-electron chi connectivity index (χ1n) is 6.73. The van der Waals surface area contributed by atoms with Gasteiger partial charge in [0.2, 0.25) is 5.95 Å². The van der Waals surface area contributed by atoms with Gasteiger partial charge in [0.05, 0.1) is 6.20 Å². The van der Waals surface area contributed by atoms with Crippen LogP contribution >= 0.6 is 0 Å². The van der Waals surface area contributed by atoms with Gasteiger partial charge in [0.15, 0.2) is 0 Å². The summed E-state index contributed by atoms with van der Waals surface area (Å²) in [5.74, 6) is 0.744. The highest BCUT2D eigenvalue weighted by Crippen LogP contribution is 2.15. The van der Waals surface area contributed by atoms with E-state index in [1.165, 1.54) is 12.6 Å². The summed E-state index contributed by atoms with van der Waals surface area (Å²) in [5.41, 5.74) is 5.98. The fourth-order valence-electron chi connectivity index (χ4n) is 2.20. The number of nitrogens with zero attached hydrogens (tertiary/aromatic N) is 4. The summed E-state index contributed by atoms with van der Waals surface area (Å²) in [4.78, 5) is 19.0. The van der Waals surface area contributed by atoms with Crippen molar-refractivity contribution in [2.45, 2.75) is 25.8 Å². The average Bonchev–Trinajstić information content (AvgIpc) is 2.88. The van der Waals surface area contributed by atoms with Crippen LogP contribution in [0.4, 0.5) is 11.8 Å². The second-order valence-electron chi connectivity index (χ2n) is 4.64. The first-order valence-corrected chi connectivity index (χ1v) is 6.73. The lowest BCUT2D eigenvalue weighted by Gasteiger charge is -2.15. The molecular formula is C13H20N6O2. The van der Waals surface area contributed by atoms with E-state index in [1.807, 2.05) is 6.07 Å². The van der Waals surface area contributed by atoms with Gasteiger partial charge in [0.25, 0.3) is 6.47 Å². The maximum atomic E-state index is 8.75. The summed E-state index contributed by atoms with van der Waals surface area (Å²) in [7, 11) is 0. The molecule has 2 heterocycles. The second kappa shape index (κ2) is 8.71. The Morgan fingerprint density at radius 1 is 1.71 bits per heavy atom. The van der Waals surface area contributed by atoms with Crippen molar-refractivity contribution >= 4 is 18.2 Å². The number of nitrogens with two attached hydrogens (primary N) is 1.